The number of rotatable bonds is 3. The van der Waals surface area contributed by atoms with Gasteiger partial charge in [0.25, 0.3) is 0 Å². The second-order valence-corrected chi connectivity index (χ2v) is 6.10. The fourth-order valence-corrected chi connectivity index (χ4v) is 2.81. The maximum atomic E-state index is 12.4. The molecule has 0 bridgehead atoms. The molecule has 2 amide bonds. The van der Waals surface area contributed by atoms with Crippen molar-refractivity contribution in [1.29, 1.82) is 0 Å². The lowest BCUT2D eigenvalue weighted by Crippen LogP contribution is -2.28. The molecule has 23 heavy (non-hydrogen) atoms. The van der Waals surface area contributed by atoms with Gasteiger partial charge < -0.3 is 10.2 Å². The van der Waals surface area contributed by atoms with Gasteiger partial charge in [0.2, 0.25) is 11.8 Å². The number of carbonyl (C=O) groups excluding carboxylic acids is 2. The molecule has 1 aliphatic rings. The quantitative estimate of drug-likeness (QED) is 0.946. The molecule has 0 aliphatic carbocycles. The first-order chi connectivity index (χ1) is 11.0. The van der Waals surface area contributed by atoms with Crippen molar-refractivity contribution in [2.75, 3.05) is 16.8 Å². The van der Waals surface area contributed by atoms with E-state index in [1.807, 2.05) is 62.4 Å². The summed E-state index contributed by atoms with van der Waals surface area (Å²) in [6, 6.07) is 15.5. The molecule has 2 aromatic rings. The lowest BCUT2D eigenvalue weighted by Gasteiger charge is -2.17. The van der Waals surface area contributed by atoms with Crippen LogP contribution in [0, 0.1) is 19.8 Å². The van der Waals surface area contributed by atoms with Crippen LogP contribution in [0.1, 0.15) is 17.5 Å². The van der Waals surface area contributed by atoms with E-state index in [2.05, 4.69) is 5.32 Å². The summed E-state index contributed by atoms with van der Waals surface area (Å²) in [6.07, 6.45) is 0.256. The topological polar surface area (TPSA) is 49.4 Å². The highest BCUT2D eigenvalue weighted by molar-refractivity contribution is 6.03. The summed E-state index contributed by atoms with van der Waals surface area (Å²) < 4.78 is 0. The molecule has 1 saturated heterocycles. The highest BCUT2D eigenvalue weighted by atomic mass is 16.2. The number of anilines is 2. The second-order valence-electron chi connectivity index (χ2n) is 6.10. The molecule has 0 saturated carbocycles. The van der Waals surface area contributed by atoms with Crippen molar-refractivity contribution in [3.63, 3.8) is 0 Å². The van der Waals surface area contributed by atoms with Crippen LogP contribution in [0.4, 0.5) is 11.4 Å². The summed E-state index contributed by atoms with van der Waals surface area (Å²) in [4.78, 5) is 26.3. The van der Waals surface area contributed by atoms with Gasteiger partial charge in [0.15, 0.2) is 0 Å². The van der Waals surface area contributed by atoms with Gasteiger partial charge in [-0.3, -0.25) is 9.59 Å². The first kappa shape index (κ1) is 15.3. The van der Waals surface area contributed by atoms with E-state index in [9.17, 15) is 9.59 Å². The van der Waals surface area contributed by atoms with Crippen LogP contribution in [0.15, 0.2) is 48.5 Å². The smallest absolute Gasteiger partial charge is 0.229 e. The van der Waals surface area contributed by atoms with Gasteiger partial charge in [0.1, 0.15) is 0 Å². The third kappa shape index (κ3) is 3.42. The molecule has 1 atom stereocenters. The summed E-state index contributed by atoms with van der Waals surface area (Å²) in [5, 5.41) is 2.90. The molecule has 118 valence electrons. The maximum absolute atomic E-state index is 12.4. The van der Waals surface area contributed by atoms with E-state index in [4.69, 9.17) is 0 Å². The first-order valence-electron chi connectivity index (χ1n) is 7.77. The Morgan fingerprint density at radius 3 is 2.52 bits per heavy atom. The number of nitrogens with one attached hydrogen (secondary N) is 1. The van der Waals surface area contributed by atoms with Crippen LogP contribution < -0.4 is 10.2 Å². The lowest BCUT2D eigenvalue weighted by molar-refractivity contribution is -0.122. The predicted octanol–water partition coefficient (Wildman–Crippen LogP) is 3.30. The van der Waals surface area contributed by atoms with E-state index in [0.29, 0.717) is 6.54 Å². The summed E-state index contributed by atoms with van der Waals surface area (Å²) in [5.74, 6) is -0.415. The largest absolute Gasteiger partial charge is 0.326 e. The average Bonchev–Trinajstić information content (AvgIpc) is 2.92. The number of aryl methyl sites for hydroxylation is 2. The lowest BCUT2D eigenvalue weighted by atomic mass is 10.1. The van der Waals surface area contributed by atoms with Gasteiger partial charge in [-0.15, -0.1) is 0 Å². The number of nitrogens with zero attached hydrogens (tertiary/aromatic N) is 1. The number of hydrogen-bond acceptors (Lipinski definition) is 2. The highest BCUT2D eigenvalue weighted by Gasteiger charge is 2.35. The number of carbonyl (C=O) groups is 2. The van der Waals surface area contributed by atoms with Gasteiger partial charge in [-0.2, -0.15) is 0 Å². The molecule has 0 aromatic heterocycles. The van der Waals surface area contributed by atoms with Crippen molar-refractivity contribution in [3.05, 3.63) is 59.7 Å². The fourth-order valence-electron chi connectivity index (χ4n) is 2.81. The molecule has 0 spiro atoms. The molecule has 4 nitrogen and oxygen atoms in total. The van der Waals surface area contributed by atoms with Crippen LogP contribution in [-0.2, 0) is 9.59 Å². The van der Waals surface area contributed by atoms with Crippen LogP contribution in [-0.4, -0.2) is 18.4 Å². The molecular formula is C19H20N2O2. The third-order valence-corrected chi connectivity index (χ3v) is 4.13. The molecular weight excluding hydrogens is 288 g/mol. The molecule has 1 N–H and O–H groups in total. The molecule has 3 rings (SSSR count). The zero-order valence-electron chi connectivity index (χ0n) is 13.4. The molecule has 0 radical (unpaired) electrons. The third-order valence-electron chi connectivity index (χ3n) is 4.13. The van der Waals surface area contributed by atoms with E-state index in [-0.39, 0.29) is 24.2 Å². The number of benzene rings is 2. The number of hydrogen-bond donors (Lipinski definition) is 1. The van der Waals surface area contributed by atoms with E-state index in [0.717, 1.165) is 22.5 Å². The Morgan fingerprint density at radius 2 is 1.83 bits per heavy atom. The number of amides is 2. The van der Waals surface area contributed by atoms with Crippen LogP contribution in [0.2, 0.25) is 0 Å². The monoisotopic (exact) mass is 308 g/mol. The Kier molecular flexibility index (Phi) is 4.15. The molecule has 1 fully saturated rings. The molecule has 1 heterocycles. The van der Waals surface area contributed by atoms with Crippen LogP contribution in [0.25, 0.3) is 0 Å². The Hall–Kier alpha value is -2.62. The van der Waals surface area contributed by atoms with Gasteiger partial charge in [-0.25, -0.2) is 0 Å². The Balaban J connectivity index is 1.69. The average molecular weight is 308 g/mol. The van der Waals surface area contributed by atoms with E-state index < -0.39 is 0 Å². The van der Waals surface area contributed by atoms with Gasteiger partial charge in [0.05, 0.1) is 5.92 Å². The van der Waals surface area contributed by atoms with Gasteiger partial charge in [-0.1, -0.05) is 29.8 Å². The SMILES string of the molecule is Cc1ccc(NC(=O)C2CC(=O)N(c3cccc(C)c3)C2)cc1. The van der Waals surface area contributed by atoms with E-state index in [1.54, 1.807) is 4.90 Å². The van der Waals surface area contributed by atoms with Crippen molar-refractivity contribution in [3.8, 4) is 0 Å². The normalized spacial score (nSPS) is 17.4. The molecule has 2 aromatic carbocycles. The first-order valence-corrected chi connectivity index (χ1v) is 7.77. The second kappa shape index (κ2) is 6.24. The minimum atomic E-state index is -0.315. The predicted molar refractivity (Wildman–Crippen MR) is 91.4 cm³/mol. The summed E-state index contributed by atoms with van der Waals surface area (Å²) in [6.45, 7) is 4.42. The Labute approximate surface area is 136 Å². The molecule has 1 unspecified atom stereocenters. The zero-order chi connectivity index (χ0) is 16.4. The Bertz CT molecular complexity index is 737. The standard InChI is InChI=1S/C19H20N2O2/c1-13-6-8-16(9-7-13)20-19(23)15-11-18(22)21(12-15)17-5-3-4-14(2)10-17/h3-10,15H,11-12H2,1-2H3,(H,20,23). The molecule has 1 aliphatic heterocycles. The van der Waals surface area contributed by atoms with Crippen molar-refractivity contribution in [2.45, 2.75) is 20.3 Å². The van der Waals surface area contributed by atoms with Crippen LogP contribution >= 0.6 is 0 Å². The van der Waals surface area contributed by atoms with Gasteiger partial charge in [0, 0.05) is 24.3 Å². The summed E-state index contributed by atoms with van der Waals surface area (Å²) >= 11 is 0. The fraction of sp³-hybridized carbons (Fsp3) is 0.263. The van der Waals surface area contributed by atoms with Crippen LogP contribution in [0.5, 0.6) is 0 Å². The van der Waals surface area contributed by atoms with Crippen molar-refractivity contribution in [1.82, 2.24) is 0 Å². The van der Waals surface area contributed by atoms with Crippen LogP contribution in [0.3, 0.4) is 0 Å². The zero-order valence-corrected chi connectivity index (χ0v) is 13.4. The summed E-state index contributed by atoms with van der Waals surface area (Å²) in [7, 11) is 0. The van der Waals surface area contributed by atoms with Gasteiger partial charge in [-0.05, 0) is 43.7 Å². The van der Waals surface area contributed by atoms with Crippen molar-refractivity contribution in [2.24, 2.45) is 5.92 Å². The maximum Gasteiger partial charge on any atom is 0.229 e. The van der Waals surface area contributed by atoms with Gasteiger partial charge >= 0.3 is 0 Å². The minimum Gasteiger partial charge on any atom is -0.326 e. The van der Waals surface area contributed by atoms with Crippen molar-refractivity contribution < 1.29 is 9.59 Å². The Morgan fingerprint density at radius 1 is 1.09 bits per heavy atom. The van der Waals surface area contributed by atoms with E-state index in [1.165, 1.54) is 0 Å². The van der Waals surface area contributed by atoms with E-state index >= 15 is 0 Å². The molecule has 4 heteroatoms. The minimum absolute atomic E-state index is 0.000318. The highest BCUT2D eigenvalue weighted by Crippen LogP contribution is 2.26. The van der Waals surface area contributed by atoms with Crippen molar-refractivity contribution >= 4 is 23.2 Å². The summed E-state index contributed by atoms with van der Waals surface area (Å²) in [5.41, 5.74) is 3.87.